The van der Waals surface area contributed by atoms with Gasteiger partial charge in [0, 0.05) is 18.0 Å². The van der Waals surface area contributed by atoms with Crippen molar-refractivity contribution < 1.29 is 14.3 Å². The summed E-state index contributed by atoms with van der Waals surface area (Å²) in [5.74, 6) is 1.35. The molecule has 1 aliphatic carbocycles. The summed E-state index contributed by atoms with van der Waals surface area (Å²) >= 11 is 0. The van der Waals surface area contributed by atoms with Crippen LogP contribution in [-0.4, -0.2) is 24.1 Å². The second kappa shape index (κ2) is 8.01. The third-order valence-electron chi connectivity index (χ3n) is 4.57. The Morgan fingerprint density at radius 3 is 2.56 bits per heavy atom. The van der Waals surface area contributed by atoms with Gasteiger partial charge >= 0.3 is 0 Å². The first kappa shape index (κ1) is 17.3. The van der Waals surface area contributed by atoms with Gasteiger partial charge in [0.15, 0.2) is 11.5 Å². The molecule has 0 unspecified atom stereocenters. The predicted octanol–water partition coefficient (Wildman–Crippen LogP) is 3.90. The van der Waals surface area contributed by atoms with E-state index in [4.69, 9.17) is 9.47 Å². The molecule has 1 N–H and O–H groups in total. The number of rotatable bonds is 6. The summed E-state index contributed by atoms with van der Waals surface area (Å²) in [7, 11) is 1.64. The lowest BCUT2D eigenvalue weighted by Gasteiger charge is -2.19. The summed E-state index contributed by atoms with van der Waals surface area (Å²) < 4.78 is 11.6. The Balaban J connectivity index is 1.69. The van der Waals surface area contributed by atoms with Gasteiger partial charge in [-0.3, -0.25) is 9.78 Å². The fraction of sp³-hybridized carbons (Fsp3) is 0.400. The van der Waals surface area contributed by atoms with E-state index in [1.54, 1.807) is 31.6 Å². The second-order valence-electron chi connectivity index (χ2n) is 6.37. The summed E-state index contributed by atoms with van der Waals surface area (Å²) in [4.78, 5) is 16.2. The van der Waals surface area contributed by atoms with E-state index in [-0.39, 0.29) is 18.1 Å². The molecule has 0 spiro atoms. The Kier molecular flexibility index (Phi) is 5.53. The van der Waals surface area contributed by atoms with Crippen LogP contribution in [0.5, 0.6) is 11.5 Å². The number of benzene rings is 1. The number of nitrogens with zero attached hydrogens (tertiary/aromatic N) is 1. The molecule has 1 atom stereocenters. The van der Waals surface area contributed by atoms with E-state index < -0.39 is 0 Å². The molecular weight excluding hydrogens is 316 g/mol. The molecule has 0 aliphatic heterocycles. The molecule has 1 heterocycles. The van der Waals surface area contributed by atoms with Crippen molar-refractivity contribution in [1.29, 1.82) is 0 Å². The van der Waals surface area contributed by atoms with Crippen molar-refractivity contribution in [1.82, 2.24) is 10.3 Å². The van der Waals surface area contributed by atoms with Gasteiger partial charge in [-0.05, 0) is 62.4 Å². The van der Waals surface area contributed by atoms with Crippen LogP contribution in [0.2, 0.25) is 0 Å². The molecule has 132 valence electrons. The van der Waals surface area contributed by atoms with Crippen LogP contribution in [0.3, 0.4) is 0 Å². The third kappa shape index (κ3) is 4.29. The monoisotopic (exact) mass is 340 g/mol. The lowest BCUT2D eigenvalue weighted by molar-refractivity contribution is 0.0939. The Morgan fingerprint density at radius 2 is 1.88 bits per heavy atom. The predicted molar refractivity (Wildman–Crippen MR) is 96.0 cm³/mol. The Hall–Kier alpha value is -2.56. The smallest absolute Gasteiger partial charge is 0.251 e. The van der Waals surface area contributed by atoms with Gasteiger partial charge in [-0.15, -0.1) is 0 Å². The van der Waals surface area contributed by atoms with Crippen molar-refractivity contribution in [2.75, 3.05) is 7.11 Å². The van der Waals surface area contributed by atoms with E-state index in [0.717, 1.165) is 24.2 Å². The van der Waals surface area contributed by atoms with E-state index >= 15 is 0 Å². The highest BCUT2D eigenvalue weighted by atomic mass is 16.5. The fourth-order valence-corrected chi connectivity index (χ4v) is 3.10. The molecule has 1 amide bonds. The zero-order chi connectivity index (χ0) is 17.6. The molecule has 1 aromatic heterocycles. The molecule has 5 heteroatoms. The minimum atomic E-state index is -0.143. The number of carbonyl (C=O) groups is 1. The molecule has 0 bridgehead atoms. The first-order chi connectivity index (χ1) is 12.2. The number of carbonyl (C=O) groups excluding carboxylic acids is 1. The van der Waals surface area contributed by atoms with Crippen LogP contribution in [-0.2, 0) is 0 Å². The van der Waals surface area contributed by atoms with Crippen molar-refractivity contribution in [3.63, 3.8) is 0 Å². The van der Waals surface area contributed by atoms with Gasteiger partial charge in [0.1, 0.15) is 0 Å². The van der Waals surface area contributed by atoms with Gasteiger partial charge in [0.05, 0.1) is 19.3 Å². The van der Waals surface area contributed by atoms with Gasteiger partial charge in [0.2, 0.25) is 0 Å². The van der Waals surface area contributed by atoms with E-state index in [1.165, 1.54) is 12.8 Å². The number of aromatic nitrogens is 1. The number of methoxy groups -OCH3 is 1. The summed E-state index contributed by atoms with van der Waals surface area (Å²) in [6.45, 7) is 1.95. The molecule has 25 heavy (non-hydrogen) atoms. The van der Waals surface area contributed by atoms with Crippen molar-refractivity contribution in [3.8, 4) is 11.5 Å². The molecule has 2 aromatic rings. The number of amides is 1. The average Bonchev–Trinajstić information content (AvgIpc) is 3.15. The van der Waals surface area contributed by atoms with Gasteiger partial charge in [0.25, 0.3) is 5.91 Å². The highest BCUT2D eigenvalue weighted by Crippen LogP contribution is 2.33. The highest BCUT2D eigenvalue weighted by Gasteiger charge is 2.19. The van der Waals surface area contributed by atoms with Crippen LogP contribution in [0.4, 0.5) is 0 Å². The SMILES string of the molecule is COc1cc([C@@H](C)NC(=O)c2ccncc2)ccc1OC1CCCC1. The molecule has 1 aromatic carbocycles. The maximum absolute atomic E-state index is 12.3. The lowest BCUT2D eigenvalue weighted by Crippen LogP contribution is -2.26. The second-order valence-corrected chi connectivity index (χ2v) is 6.37. The third-order valence-corrected chi connectivity index (χ3v) is 4.57. The van der Waals surface area contributed by atoms with E-state index in [2.05, 4.69) is 10.3 Å². The lowest BCUT2D eigenvalue weighted by atomic mass is 10.1. The molecular formula is C20H24N2O3. The first-order valence-electron chi connectivity index (χ1n) is 8.73. The number of hydrogen-bond acceptors (Lipinski definition) is 4. The first-order valence-corrected chi connectivity index (χ1v) is 8.73. The van der Waals surface area contributed by atoms with Crippen molar-refractivity contribution in [2.24, 2.45) is 0 Å². The molecule has 1 saturated carbocycles. The molecule has 3 rings (SSSR count). The zero-order valence-electron chi connectivity index (χ0n) is 14.7. The number of ether oxygens (including phenoxy) is 2. The largest absolute Gasteiger partial charge is 0.493 e. The fourth-order valence-electron chi connectivity index (χ4n) is 3.10. The topological polar surface area (TPSA) is 60.5 Å². The summed E-state index contributed by atoms with van der Waals surface area (Å²) in [5, 5.41) is 2.99. The number of pyridine rings is 1. The standard InChI is InChI=1S/C20H24N2O3/c1-14(22-20(23)15-9-11-21-12-10-15)16-7-8-18(19(13-16)24-2)25-17-5-3-4-6-17/h7-14,17H,3-6H2,1-2H3,(H,22,23)/t14-/m1/s1. The van der Waals surface area contributed by atoms with Crippen LogP contribution in [0.15, 0.2) is 42.7 Å². The number of hydrogen-bond donors (Lipinski definition) is 1. The van der Waals surface area contributed by atoms with Crippen LogP contribution in [0, 0.1) is 0 Å². The molecule has 1 aliphatic rings. The van der Waals surface area contributed by atoms with Crippen LogP contribution < -0.4 is 14.8 Å². The van der Waals surface area contributed by atoms with Gasteiger partial charge in [-0.1, -0.05) is 6.07 Å². The maximum atomic E-state index is 12.3. The van der Waals surface area contributed by atoms with Crippen LogP contribution >= 0.6 is 0 Å². The van der Waals surface area contributed by atoms with Gasteiger partial charge in [-0.2, -0.15) is 0 Å². The van der Waals surface area contributed by atoms with Gasteiger partial charge < -0.3 is 14.8 Å². The summed E-state index contributed by atoms with van der Waals surface area (Å²) in [5.41, 5.74) is 1.56. The average molecular weight is 340 g/mol. The Labute approximate surface area is 148 Å². The van der Waals surface area contributed by atoms with Crippen molar-refractivity contribution in [2.45, 2.75) is 44.8 Å². The van der Waals surface area contributed by atoms with E-state index in [0.29, 0.717) is 11.3 Å². The van der Waals surface area contributed by atoms with E-state index in [9.17, 15) is 4.79 Å². The van der Waals surface area contributed by atoms with Gasteiger partial charge in [-0.25, -0.2) is 0 Å². The number of nitrogens with one attached hydrogen (secondary N) is 1. The molecule has 0 radical (unpaired) electrons. The molecule has 1 fully saturated rings. The Bertz CT molecular complexity index is 712. The Morgan fingerprint density at radius 1 is 1.16 bits per heavy atom. The normalized spacial score (nSPS) is 15.6. The summed E-state index contributed by atoms with van der Waals surface area (Å²) in [6, 6.07) is 9.09. The van der Waals surface area contributed by atoms with E-state index in [1.807, 2.05) is 25.1 Å². The highest BCUT2D eigenvalue weighted by molar-refractivity contribution is 5.94. The molecule has 0 saturated heterocycles. The quantitative estimate of drug-likeness (QED) is 0.866. The minimum Gasteiger partial charge on any atom is -0.493 e. The maximum Gasteiger partial charge on any atom is 0.251 e. The van der Waals surface area contributed by atoms with Crippen LogP contribution in [0.1, 0.15) is 54.6 Å². The molecule has 5 nitrogen and oxygen atoms in total. The van der Waals surface area contributed by atoms with Crippen molar-refractivity contribution >= 4 is 5.91 Å². The van der Waals surface area contributed by atoms with Crippen molar-refractivity contribution in [3.05, 3.63) is 53.9 Å². The summed E-state index contributed by atoms with van der Waals surface area (Å²) in [6.07, 6.45) is 8.15. The minimum absolute atomic E-state index is 0.125. The zero-order valence-corrected chi connectivity index (χ0v) is 14.7. The van der Waals surface area contributed by atoms with Crippen LogP contribution in [0.25, 0.3) is 0 Å².